The molecule has 37 heavy (non-hydrogen) atoms. The van der Waals surface area contributed by atoms with Gasteiger partial charge in [-0.15, -0.1) is 5.10 Å². The smallest absolute Gasteiger partial charge is 0.328 e. The summed E-state index contributed by atoms with van der Waals surface area (Å²) in [7, 11) is 1.62. The Bertz CT molecular complexity index is 1470. The summed E-state index contributed by atoms with van der Waals surface area (Å²) in [6.45, 7) is 6.77. The van der Waals surface area contributed by atoms with E-state index in [1.54, 1.807) is 7.11 Å². The minimum atomic E-state index is -0.703. The molecule has 0 spiro atoms. The zero-order chi connectivity index (χ0) is 26.2. The summed E-state index contributed by atoms with van der Waals surface area (Å²) in [5, 5.41) is 4.95. The molecule has 0 amide bonds. The highest BCUT2D eigenvalue weighted by Gasteiger charge is 2.44. The van der Waals surface area contributed by atoms with E-state index in [-0.39, 0.29) is 11.7 Å². The molecule has 3 aromatic carbocycles. The van der Waals surface area contributed by atoms with Crippen LogP contribution in [0.4, 0.5) is 0 Å². The Morgan fingerprint density at radius 1 is 1.03 bits per heavy atom. The third kappa shape index (κ3) is 4.66. The van der Waals surface area contributed by atoms with Gasteiger partial charge in [0.2, 0.25) is 0 Å². The maximum absolute atomic E-state index is 13.3. The second kappa shape index (κ2) is 10.1. The van der Waals surface area contributed by atoms with E-state index in [1.165, 1.54) is 21.4 Å². The Morgan fingerprint density at radius 2 is 1.68 bits per heavy atom. The van der Waals surface area contributed by atoms with Crippen molar-refractivity contribution in [2.24, 2.45) is 5.73 Å². The fourth-order valence-electron chi connectivity index (χ4n) is 5.73. The van der Waals surface area contributed by atoms with E-state index in [9.17, 15) is 4.79 Å². The molecule has 0 bridgehead atoms. The Labute approximate surface area is 217 Å². The molecule has 1 heterocycles. The minimum absolute atomic E-state index is 0.136. The quantitative estimate of drug-likeness (QED) is 0.335. The summed E-state index contributed by atoms with van der Waals surface area (Å²) in [4.78, 5) is 21.6. The van der Waals surface area contributed by atoms with Crippen molar-refractivity contribution in [1.82, 2.24) is 20.2 Å². The van der Waals surface area contributed by atoms with Crippen LogP contribution in [0.1, 0.15) is 58.1 Å². The normalized spacial score (nSPS) is 17.6. The first-order valence-corrected chi connectivity index (χ1v) is 12.8. The van der Waals surface area contributed by atoms with Crippen LogP contribution in [0.5, 0.6) is 0 Å². The van der Waals surface area contributed by atoms with Crippen molar-refractivity contribution in [3.63, 3.8) is 0 Å². The molecule has 1 aliphatic rings. The van der Waals surface area contributed by atoms with Gasteiger partial charge in [-0.2, -0.15) is 10.2 Å². The predicted octanol–water partition coefficient (Wildman–Crippen LogP) is 4.00. The van der Waals surface area contributed by atoms with Crippen LogP contribution in [-0.4, -0.2) is 27.9 Å². The van der Waals surface area contributed by atoms with Crippen molar-refractivity contribution in [2.45, 2.75) is 58.0 Å². The number of hydrogen-bond acceptors (Lipinski definition) is 5. The van der Waals surface area contributed by atoms with Gasteiger partial charge in [0.15, 0.2) is 0 Å². The Morgan fingerprint density at radius 3 is 2.35 bits per heavy atom. The molecule has 0 saturated heterocycles. The van der Waals surface area contributed by atoms with Gasteiger partial charge in [-0.25, -0.2) is 4.79 Å². The highest BCUT2D eigenvalue weighted by atomic mass is 16.6. The van der Waals surface area contributed by atoms with Gasteiger partial charge < -0.3 is 10.6 Å². The zero-order valence-electron chi connectivity index (χ0n) is 22.0. The zero-order valence-corrected chi connectivity index (χ0v) is 22.0. The van der Waals surface area contributed by atoms with Crippen LogP contribution in [0.25, 0.3) is 5.69 Å². The molecular formula is C30H35N5O2. The Kier molecular flexibility index (Phi) is 6.86. The van der Waals surface area contributed by atoms with Crippen LogP contribution in [0.3, 0.4) is 0 Å². The fourth-order valence-corrected chi connectivity index (χ4v) is 5.73. The summed E-state index contributed by atoms with van der Waals surface area (Å²) < 4.78 is 1.47. The van der Waals surface area contributed by atoms with E-state index in [0.29, 0.717) is 18.8 Å². The summed E-state index contributed by atoms with van der Waals surface area (Å²) in [6, 6.07) is 20.8. The molecule has 1 aliphatic carbocycles. The van der Waals surface area contributed by atoms with E-state index in [0.717, 1.165) is 40.8 Å². The highest BCUT2D eigenvalue weighted by molar-refractivity contribution is 5.56. The third-order valence-electron chi connectivity index (χ3n) is 7.36. The average Bonchev–Trinajstić information content (AvgIpc) is 3.21. The molecule has 4 aromatic rings. The van der Waals surface area contributed by atoms with Gasteiger partial charge in [0.05, 0.1) is 18.2 Å². The van der Waals surface area contributed by atoms with E-state index in [2.05, 4.69) is 53.8 Å². The molecule has 0 saturated carbocycles. The Hall–Kier alpha value is -3.52. The van der Waals surface area contributed by atoms with E-state index >= 15 is 0 Å². The maximum Gasteiger partial charge on any atom is 0.348 e. The van der Waals surface area contributed by atoms with Crippen LogP contribution in [0.15, 0.2) is 65.5 Å². The number of aryl methyl sites for hydroxylation is 4. The van der Waals surface area contributed by atoms with Crippen molar-refractivity contribution in [3.05, 3.63) is 116 Å². The van der Waals surface area contributed by atoms with Crippen molar-refractivity contribution in [2.75, 3.05) is 7.11 Å². The maximum atomic E-state index is 13.3. The summed E-state index contributed by atoms with van der Waals surface area (Å²) in [5.41, 5.74) is 17.5. The second-order valence-corrected chi connectivity index (χ2v) is 10.3. The fraction of sp³-hybridized carbons (Fsp3) is 0.333. The number of nitrogens with two attached hydrogens (primary N) is 1. The van der Waals surface area contributed by atoms with Crippen molar-refractivity contribution < 1.29 is 4.84 Å². The van der Waals surface area contributed by atoms with Gasteiger partial charge in [-0.3, -0.25) is 4.98 Å². The molecule has 7 nitrogen and oxygen atoms in total. The number of nitrogens with one attached hydrogen (secondary N) is 2. The van der Waals surface area contributed by atoms with Crippen molar-refractivity contribution in [1.29, 1.82) is 0 Å². The average molecular weight is 498 g/mol. The number of aromatic nitrogens is 3. The summed E-state index contributed by atoms with van der Waals surface area (Å²) in [6.07, 6.45) is 2.39. The molecule has 2 atom stereocenters. The molecule has 0 fully saturated rings. The molecule has 0 aliphatic heterocycles. The molecule has 1 unspecified atom stereocenters. The lowest BCUT2D eigenvalue weighted by Crippen LogP contribution is -2.38. The lowest BCUT2D eigenvalue weighted by Gasteiger charge is -2.36. The molecule has 0 radical (unpaired) electrons. The monoisotopic (exact) mass is 497 g/mol. The first kappa shape index (κ1) is 25.1. The van der Waals surface area contributed by atoms with Gasteiger partial charge in [-0.1, -0.05) is 59.7 Å². The van der Waals surface area contributed by atoms with E-state index in [4.69, 9.17) is 15.7 Å². The first-order valence-electron chi connectivity index (χ1n) is 12.8. The highest BCUT2D eigenvalue weighted by Crippen LogP contribution is 2.46. The lowest BCUT2D eigenvalue weighted by molar-refractivity contribution is 0.0867. The largest absolute Gasteiger partial charge is 0.348 e. The predicted molar refractivity (Wildman–Crippen MR) is 146 cm³/mol. The number of hydrogen-bond donors (Lipinski definition) is 3. The van der Waals surface area contributed by atoms with Gasteiger partial charge in [0.1, 0.15) is 5.82 Å². The first-order chi connectivity index (χ1) is 17.8. The SMILES string of the molecule is CONCc1ccc2c(c1)CCc1cc(C)ccc1C2(C[C@@H](C)N)c1nn(-c2ccc(C)cc2)c(=O)[nH]1. The topological polar surface area (TPSA) is 98.0 Å². The van der Waals surface area contributed by atoms with Crippen molar-refractivity contribution in [3.8, 4) is 5.69 Å². The molecule has 192 valence electrons. The molecule has 4 N–H and O–H groups in total. The Balaban J connectivity index is 1.79. The second-order valence-electron chi connectivity index (χ2n) is 10.3. The third-order valence-corrected chi connectivity index (χ3v) is 7.36. The molecular weight excluding hydrogens is 462 g/mol. The standard InChI is InChI=1S/C30H35N5O2/c1-19-5-11-25(12-6-19)35-29(36)33-28(34-35)30(17-21(3)31)26-13-7-20(2)15-23(26)9-10-24-16-22(18-32-37-4)8-14-27(24)30/h5-8,11-16,21,32H,9-10,17-18,31H2,1-4H3,(H,33,34,36)/t21-,30?/m1/s1. The number of rotatable bonds is 7. The summed E-state index contributed by atoms with van der Waals surface area (Å²) in [5.74, 6) is 0.617. The van der Waals surface area contributed by atoms with Crippen molar-refractivity contribution >= 4 is 0 Å². The van der Waals surface area contributed by atoms with Crippen LogP contribution < -0.4 is 16.9 Å². The van der Waals surface area contributed by atoms with Gasteiger partial charge in [0, 0.05) is 12.6 Å². The number of fused-ring (bicyclic) bond motifs is 2. The van der Waals surface area contributed by atoms with E-state index in [1.807, 2.05) is 38.1 Å². The summed E-state index contributed by atoms with van der Waals surface area (Å²) >= 11 is 0. The number of nitrogens with zero attached hydrogens (tertiary/aromatic N) is 2. The van der Waals surface area contributed by atoms with Gasteiger partial charge >= 0.3 is 5.69 Å². The van der Waals surface area contributed by atoms with Crippen LogP contribution in [0, 0.1) is 13.8 Å². The number of benzene rings is 3. The minimum Gasteiger partial charge on any atom is -0.328 e. The molecule has 7 heteroatoms. The number of aromatic amines is 1. The van der Waals surface area contributed by atoms with Gasteiger partial charge in [0.25, 0.3) is 0 Å². The number of hydroxylamine groups is 1. The van der Waals surface area contributed by atoms with Crippen LogP contribution >= 0.6 is 0 Å². The van der Waals surface area contributed by atoms with Crippen LogP contribution in [-0.2, 0) is 29.6 Å². The number of H-pyrrole nitrogens is 1. The molecule has 5 rings (SSSR count). The van der Waals surface area contributed by atoms with E-state index < -0.39 is 5.41 Å². The van der Waals surface area contributed by atoms with Gasteiger partial charge in [-0.05, 0) is 80.0 Å². The molecule has 1 aromatic heterocycles. The lowest BCUT2D eigenvalue weighted by atomic mass is 9.68. The van der Waals surface area contributed by atoms with Crippen LogP contribution in [0.2, 0.25) is 0 Å².